The molecule has 2 amide bonds. The summed E-state index contributed by atoms with van der Waals surface area (Å²) in [6.07, 6.45) is 4.53. The number of carbonyl (C=O) groups excluding carboxylic acids is 1. The van der Waals surface area contributed by atoms with Gasteiger partial charge in [-0.2, -0.15) is 0 Å². The predicted molar refractivity (Wildman–Crippen MR) is 66.9 cm³/mol. The fourth-order valence-electron chi connectivity index (χ4n) is 1.42. The minimum Gasteiger partial charge on any atom is -0.480 e. The lowest BCUT2D eigenvalue weighted by Gasteiger charge is -2.22. The van der Waals surface area contributed by atoms with Crippen LogP contribution in [0, 0.1) is 0 Å². The van der Waals surface area contributed by atoms with Gasteiger partial charge in [-0.25, -0.2) is 4.79 Å². The Hall–Kier alpha value is -1.52. The Bertz CT molecular complexity index is 266. The number of hydrogen-bond donors (Lipinski definition) is 2. The van der Waals surface area contributed by atoms with Crippen molar-refractivity contribution in [2.45, 2.75) is 39.2 Å². The summed E-state index contributed by atoms with van der Waals surface area (Å²) < 4.78 is 0. The summed E-state index contributed by atoms with van der Waals surface area (Å²) in [6, 6.07) is -0.292. The molecule has 0 aliphatic heterocycles. The molecule has 0 saturated heterocycles. The van der Waals surface area contributed by atoms with Crippen molar-refractivity contribution in [3.8, 4) is 0 Å². The second kappa shape index (κ2) is 8.61. The van der Waals surface area contributed by atoms with Crippen LogP contribution in [0.4, 0.5) is 4.79 Å². The average molecular weight is 242 g/mol. The van der Waals surface area contributed by atoms with Crippen LogP contribution in [0.5, 0.6) is 0 Å². The number of nitrogens with zero attached hydrogens (tertiary/aromatic N) is 1. The molecule has 0 aromatic carbocycles. The van der Waals surface area contributed by atoms with Crippen LogP contribution in [0.25, 0.3) is 0 Å². The number of hydrogen-bond acceptors (Lipinski definition) is 2. The number of urea groups is 1. The molecule has 0 aromatic heterocycles. The quantitative estimate of drug-likeness (QED) is 0.638. The first-order valence-electron chi connectivity index (χ1n) is 5.89. The Morgan fingerprint density at radius 1 is 1.53 bits per heavy atom. The summed E-state index contributed by atoms with van der Waals surface area (Å²) >= 11 is 0. The van der Waals surface area contributed by atoms with Crippen molar-refractivity contribution < 1.29 is 14.7 Å². The van der Waals surface area contributed by atoms with Gasteiger partial charge in [0.15, 0.2) is 0 Å². The molecule has 1 atom stereocenters. The second-order valence-electron chi connectivity index (χ2n) is 4.06. The van der Waals surface area contributed by atoms with E-state index in [1.54, 1.807) is 0 Å². The van der Waals surface area contributed by atoms with Gasteiger partial charge in [0, 0.05) is 12.6 Å². The third kappa shape index (κ3) is 7.38. The number of unbranched alkanes of at least 4 members (excludes halogenated alkanes) is 1. The highest BCUT2D eigenvalue weighted by atomic mass is 16.4. The summed E-state index contributed by atoms with van der Waals surface area (Å²) in [6.45, 7) is 7.44. The first kappa shape index (κ1) is 15.5. The molecule has 0 radical (unpaired) electrons. The van der Waals surface area contributed by atoms with E-state index < -0.39 is 5.97 Å². The van der Waals surface area contributed by atoms with Crippen LogP contribution in [0.2, 0.25) is 0 Å². The highest BCUT2D eigenvalue weighted by molar-refractivity contribution is 5.80. The molecule has 0 aromatic rings. The van der Waals surface area contributed by atoms with Crippen molar-refractivity contribution in [3.63, 3.8) is 0 Å². The highest BCUT2D eigenvalue weighted by Gasteiger charge is 2.16. The standard InChI is InChI=1S/C12H22N2O3/c1-4-6-7-10(3)13-12(17)14(8-5-2)9-11(15)16/h5,10H,2,4,6-9H2,1,3H3,(H,13,17)(H,15,16). The average Bonchev–Trinajstić information content (AvgIpc) is 2.25. The van der Waals surface area contributed by atoms with E-state index in [1.807, 2.05) is 6.92 Å². The maximum absolute atomic E-state index is 11.7. The SMILES string of the molecule is C=CCN(CC(=O)O)C(=O)NC(C)CCCC. The lowest BCUT2D eigenvalue weighted by molar-refractivity contribution is -0.137. The molecular weight excluding hydrogens is 220 g/mol. The molecule has 2 N–H and O–H groups in total. The number of carboxylic acid groups (broad SMARTS) is 1. The van der Waals surface area contributed by atoms with Crippen LogP contribution in [-0.2, 0) is 4.79 Å². The number of aliphatic carboxylic acids is 1. The summed E-state index contributed by atoms with van der Waals surface area (Å²) in [4.78, 5) is 23.6. The molecule has 0 aliphatic carbocycles. The fraction of sp³-hybridized carbons (Fsp3) is 0.667. The predicted octanol–water partition coefficient (Wildman–Crippen LogP) is 1.85. The molecule has 98 valence electrons. The zero-order valence-corrected chi connectivity index (χ0v) is 10.6. The minimum absolute atomic E-state index is 0.0589. The number of amides is 2. The molecule has 5 heteroatoms. The van der Waals surface area contributed by atoms with E-state index in [4.69, 9.17) is 5.11 Å². The van der Waals surface area contributed by atoms with Gasteiger partial charge in [-0.3, -0.25) is 4.79 Å². The van der Waals surface area contributed by atoms with E-state index in [1.165, 1.54) is 11.0 Å². The van der Waals surface area contributed by atoms with Gasteiger partial charge in [0.2, 0.25) is 0 Å². The Labute approximate surface area is 102 Å². The Morgan fingerprint density at radius 2 is 2.18 bits per heavy atom. The number of carboxylic acids is 1. The summed E-state index contributed by atoms with van der Waals surface area (Å²) in [5, 5.41) is 11.5. The minimum atomic E-state index is -1.02. The largest absolute Gasteiger partial charge is 0.480 e. The van der Waals surface area contributed by atoms with Crippen molar-refractivity contribution in [1.29, 1.82) is 0 Å². The van der Waals surface area contributed by atoms with Crippen LogP contribution in [0.15, 0.2) is 12.7 Å². The topological polar surface area (TPSA) is 69.6 Å². The van der Waals surface area contributed by atoms with Crippen LogP contribution in [0.3, 0.4) is 0 Å². The zero-order chi connectivity index (χ0) is 13.3. The number of carbonyl (C=O) groups is 2. The van der Waals surface area contributed by atoms with Gasteiger partial charge in [0.25, 0.3) is 0 Å². The van der Waals surface area contributed by atoms with Gasteiger partial charge in [-0.15, -0.1) is 6.58 Å². The highest BCUT2D eigenvalue weighted by Crippen LogP contribution is 2.01. The van der Waals surface area contributed by atoms with E-state index in [-0.39, 0.29) is 25.2 Å². The molecule has 1 unspecified atom stereocenters. The summed E-state index contributed by atoms with van der Waals surface area (Å²) in [5.41, 5.74) is 0. The normalized spacial score (nSPS) is 11.6. The molecule has 5 nitrogen and oxygen atoms in total. The monoisotopic (exact) mass is 242 g/mol. The van der Waals surface area contributed by atoms with Crippen LogP contribution in [-0.4, -0.2) is 41.1 Å². The van der Waals surface area contributed by atoms with Crippen LogP contribution in [0.1, 0.15) is 33.1 Å². The molecule has 0 saturated carbocycles. The molecule has 0 fully saturated rings. The van der Waals surface area contributed by atoms with E-state index in [0.717, 1.165) is 19.3 Å². The van der Waals surface area contributed by atoms with Crippen molar-refractivity contribution in [2.24, 2.45) is 0 Å². The molecule has 0 bridgehead atoms. The van der Waals surface area contributed by atoms with Crippen molar-refractivity contribution in [3.05, 3.63) is 12.7 Å². The maximum atomic E-state index is 11.7. The second-order valence-corrected chi connectivity index (χ2v) is 4.06. The summed E-state index contributed by atoms with van der Waals surface area (Å²) in [5.74, 6) is -1.02. The third-order valence-electron chi connectivity index (χ3n) is 2.32. The lowest BCUT2D eigenvalue weighted by atomic mass is 10.1. The van der Waals surface area contributed by atoms with Gasteiger partial charge >= 0.3 is 12.0 Å². The Balaban J connectivity index is 4.20. The van der Waals surface area contributed by atoms with E-state index in [2.05, 4.69) is 18.8 Å². The maximum Gasteiger partial charge on any atom is 0.323 e. The van der Waals surface area contributed by atoms with Crippen molar-refractivity contribution in [2.75, 3.05) is 13.1 Å². The van der Waals surface area contributed by atoms with Crippen LogP contribution >= 0.6 is 0 Å². The molecule has 0 rings (SSSR count). The number of nitrogens with one attached hydrogen (secondary N) is 1. The van der Waals surface area contributed by atoms with Crippen molar-refractivity contribution in [1.82, 2.24) is 10.2 Å². The molecule has 17 heavy (non-hydrogen) atoms. The van der Waals surface area contributed by atoms with Gasteiger partial charge in [0.1, 0.15) is 6.54 Å². The molecule has 0 spiro atoms. The van der Waals surface area contributed by atoms with Crippen molar-refractivity contribution >= 4 is 12.0 Å². The molecule has 0 aliphatic rings. The van der Waals surface area contributed by atoms with E-state index in [0.29, 0.717) is 0 Å². The first-order chi connectivity index (χ1) is 8.01. The smallest absolute Gasteiger partial charge is 0.323 e. The van der Waals surface area contributed by atoms with Gasteiger partial charge in [0.05, 0.1) is 0 Å². The fourth-order valence-corrected chi connectivity index (χ4v) is 1.42. The third-order valence-corrected chi connectivity index (χ3v) is 2.32. The van der Waals surface area contributed by atoms with Gasteiger partial charge in [-0.1, -0.05) is 25.8 Å². The van der Waals surface area contributed by atoms with Gasteiger partial charge in [-0.05, 0) is 13.3 Å². The molecular formula is C12H22N2O3. The first-order valence-corrected chi connectivity index (χ1v) is 5.89. The Morgan fingerprint density at radius 3 is 2.65 bits per heavy atom. The zero-order valence-electron chi connectivity index (χ0n) is 10.6. The molecule has 0 heterocycles. The number of rotatable bonds is 8. The Kier molecular flexibility index (Phi) is 7.84. The lowest BCUT2D eigenvalue weighted by Crippen LogP contribution is -2.46. The van der Waals surface area contributed by atoms with E-state index in [9.17, 15) is 9.59 Å². The van der Waals surface area contributed by atoms with Gasteiger partial charge < -0.3 is 15.3 Å². The van der Waals surface area contributed by atoms with E-state index >= 15 is 0 Å². The summed E-state index contributed by atoms with van der Waals surface area (Å²) in [7, 11) is 0. The van der Waals surface area contributed by atoms with Crippen LogP contribution < -0.4 is 5.32 Å².